The Balaban J connectivity index is 1.44. The number of halogens is 1. The molecule has 0 unspecified atom stereocenters. The molecule has 25 heavy (non-hydrogen) atoms. The lowest BCUT2D eigenvalue weighted by molar-refractivity contribution is -0.132. The lowest BCUT2D eigenvalue weighted by atomic mass is 10.0. The van der Waals surface area contributed by atoms with Crippen LogP contribution in [-0.2, 0) is 9.53 Å². The van der Waals surface area contributed by atoms with E-state index in [0.29, 0.717) is 42.4 Å². The zero-order chi connectivity index (χ0) is 18.0. The molecular formula is C18H26ClN3O3. The van der Waals surface area contributed by atoms with E-state index in [1.807, 2.05) is 11.9 Å². The van der Waals surface area contributed by atoms with Crippen LogP contribution in [0.5, 0.6) is 5.75 Å². The summed E-state index contributed by atoms with van der Waals surface area (Å²) in [5.41, 5.74) is 0. The topological polar surface area (TPSA) is 54.9 Å². The number of likely N-dealkylation sites (N-methyl/N-ethyl adjacent to an activating group) is 1. The summed E-state index contributed by atoms with van der Waals surface area (Å²) in [7, 11) is 1.98. The molecule has 2 aliphatic heterocycles. The quantitative estimate of drug-likeness (QED) is 0.770. The molecule has 1 amide bonds. The van der Waals surface area contributed by atoms with Gasteiger partial charge in [-0.25, -0.2) is 0 Å². The van der Waals surface area contributed by atoms with Gasteiger partial charge in [-0.05, 0) is 27.3 Å². The highest BCUT2D eigenvalue weighted by atomic mass is 35.5. The largest absolute Gasteiger partial charge is 0.489 e. The number of carbonyl (C=O) groups excluding carboxylic acids is 1. The van der Waals surface area contributed by atoms with E-state index in [-0.39, 0.29) is 18.1 Å². The molecule has 1 aromatic rings. The van der Waals surface area contributed by atoms with Crippen LogP contribution < -0.4 is 4.74 Å². The van der Waals surface area contributed by atoms with E-state index in [1.54, 1.807) is 18.5 Å². The second-order valence-corrected chi connectivity index (χ2v) is 7.69. The number of pyridine rings is 1. The van der Waals surface area contributed by atoms with Crippen molar-refractivity contribution in [1.29, 1.82) is 0 Å². The SMILES string of the molecule is CC(C)N(C)CC(=O)N1C[C@@H]2C[C@@H](COc3cncc(Cl)c3)O[C@@H]2C1. The number of nitrogens with zero attached hydrogens (tertiary/aromatic N) is 3. The molecule has 138 valence electrons. The maximum absolute atomic E-state index is 12.4. The molecule has 0 aliphatic carbocycles. The Bertz CT molecular complexity index is 599. The van der Waals surface area contributed by atoms with Crippen molar-refractivity contribution in [1.82, 2.24) is 14.8 Å². The second-order valence-electron chi connectivity index (χ2n) is 7.25. The third-order valence-corrected chi connectivity index (χ3v) is 5.26. The number of hydrogen-bond acceptors (Lipinski definition) is 5. The first kappa shape index (κ1) is 18.4. The van der Waals surface area contributed by atoms with Gasteiger partial charge in [-0.2, -0.15) is 0 Å². The minimum Gasteiger partial charge on any atom is -0.489 e. The molecule has 1 aromatic heterocycles. The predicted octanol–water partition coefficient (Wildman–Crippen LogP) is 2.07. The molecule has 0 bridgehead atoms. The third-order valence-electron chi connectivity index (χ3n) is 5.05. The average molecular weight is 368 g/mol. The van der Waals surface area contributed by atoms with Crippen molar-refractivity contribution in [3.8, 4) is 5.75 Å². The first-order valence-corrected chi connectivity index (χ1v) is 9.17. The smallest absolute Gasteiger partial charge is 0.236 e. The summed E-state index contributed by atoms with van der Waals surface area (Å²) < 4.78 is 11.8. The maximum Gasteiger partial charge on any atom is 0.236 e. The molecule has 3 heterocycles. The van der Waals surface area contributed by atoms with E-state index in [4.69, 9.17) is 21.1 Å². The number of fused-ring (bicyclic) bond motifs is 1. The van der Waals surface area contributed by atoms with Crippen molar-refractivity contribution in [2.24, 2.45) is 5.92 Å². The molecule has 2 saturated heterocycles. The van der Waals surface area contributed by atoms with Crippen molar-refractivity contribution in [3.63, 3.8) is 0 Å². The van der Waals surface area contributed by atoms with E-state index in [9.17, 15) is 4.79 Å². The van der Waals surface area contributed by atoms with Crippen LogP contribution in [0.4, 0.5) is 0 Å². The average Bonchev–Trinajstić information content (AvgIpc) is 3.11. The first-order valence-electron chi connectivity index (χ1n) is 8.79. The highest BCUT2D eigenvalue weighted by Gasteiger charge is 2.43. The van der Waals surface area contributed by atoms with Gasteiger partial charge in [0.1, 0.15) is 12.4 Å². The minimum atomic E-state index is 0.0598. The molecule has 0 spiro atoms. The van der Waals surface area contributed by atoms with E-state index < -0.39 is 0 Å². The van der Waals surface area contributed by atoms with Gasteiger partial charge >= 0.3 is 0 Å². The summed E-state index contributed by atoms with van der Waals surface area (Å²) in [6.45, 7) is 6.60. The highest BCUT2D eigenvalue weighted by Crippen LogP contribution is 2.33. The zero-order valence-corrected chi connectivity index (χ0v) is 15.8. The van der Waals surface area contributed by atoms with Crippen molar-refractivity contribution < 1.29 is 14.3 Å². The lowest BCUT2D eigenvalue weighted by Gasteiger charge is -2.25. The Labute approximate surface area is 154 Å². The number of aromatic nitrogens is 1. The number of amides is 1. The Kier molecular flexibility index (Phi) is 5.81. The van der Waals surface area contributed by atoms with Gasteiger partial charge in [0.2, 0.25) is 5.91 Å². The predicted molar refractivity (Wildman–Crippen MR) is 95.9 cm³/mol. The van der Waals surface area contributed by atoms with Crippen LogP contribution in [0.1, 0.15) is 20.3 Å². The van der Waals surface area contributed by atoms with Crippen LogP contribution >= 0.6 is 11.6 Å². The van der Waals surface area contributed by atoms with E-state index in [0.717, 1.165) is 13.0 Å². The monoisotopic (exact) mass is 367 g/mol. The van der Waals surface area contributed by atoms with Crippen LogP contribution in [-0.4, -0.2) is 72.2 Å². The molecule has 2 fully saturated rings. The van der Waals surface area contributed by atoms with Crippen molar-refractivity contribution >= 4 is 17.5 Å². The zero-order valence-electron chi connectivity index (χ0n) is 15.0. The molecule has 7 heteroatoms. The summed E-state index contributed by atoms with van der Waals surface area (Å²) >= 11 is 5.90. The van der Waals surface area contributed by atoms with Crippen molar-refractivity contribution in [3.05, 3.63) is 23.5 Å². The van der Waals surface area contributed by atoms with Gasteiger partial charge in [0.05, 0.1) is 30.0 Å². The molecule has 0 N–H and O–H groups in total. The first-order chi connectivity index (χ1) is 11.9. The number of carbonyl (C=O) groups is 1. The summed E-state index contributed by atoms with van der Waals surface area (Å²) in [6.07, 6.45) is 4.33. The second kappa shape index (κ2) is 7.89. The van der Waals surface area contributed by atoms with Gasteiger partial charge in [0.15, 0.2) is 0 Å². The summed E-state index contributed by atoms with van der Waals surface area (Å²) in [5, 5.41) is 0.558. The standard InChI is InChI=1S/C18H26ClN3O3/c1-12(2)21(3)10-18(23)22-8-13-4-16(25-17(13)9-22)11-24-15-5-14(19)6-20-7-15/h5-7,12-13,16-17H,4,8-11H2,1-3H3/t13-,16-,17+/m0/s1. The van der Waals surface area contributed by atoms with Crippen LogP contribution in [0.2, 0.25) is 5.02 Å². The molecule has 0 saturated carbocycles. The summed E-state index contributed by atoms with van der Waals surface area (Å²) in [5.74, 6) is 1.24. The Hall–Kier alpha value is -1.37. The number of hydrogen-bond donors (Lipinski definition) is 0. The Morgan fingerprint density at radius 3 is 2.96 bits per heavy atom. The molecule has 3 atom stereocenters. The fourth-order valence-electron chi connectivity index (χ4n) is 3.33. The number of ether oxygens (including phenoxy) is 2. The van der Waals surface area contributed by atoms with Gasteiger partial charge < -0.3 is 14.4 Å². The van der Waals surface area contributed by atoms with Crippen LogP contribution in [0, 0.1) is 5.92 Å². The molecule has 0 radical (unpaired) electrons. The van der Waals surface area contributed by atoms with Crippen molar-refractivity contribution in [2.45, 2.75) is 38.5 Å². The minimum absolute atomic E-state index is 0.0598. The Morgan fingerprint density at radius 1 is 1.48 bits per heavy atom. The number of likely N-dealkylation sites (tertiary alicyclic amines) is 1. The van der Waals surface area contributed by atoms with Crippen LogP contribution in [0.15, 0.2) is 18.5 Å². The summed E-state index contributed by atoms with van der Waals surface area (Å²) in [4.78, 5) is 20.4. The fourth-order valence-corrected chi connectivity index (χ4v) is 3.49. The Morgan fingerprint density at radius 2 is 2.28 bits per heavy atom. The highest BCUT2D eigenvalue weighted by molar-refractivity contribution is 6.30. The maximum atomic E-state index is 12.4. The number of rotatable bonds is 6. The third kappa shape index (κ3) is 4.63. The molecule has 3 rings (SSSR count). The van der Waals surface area contributed by atoms with Crippen molar-refractivity contribution in [2.75, 3.05) is 33.3 Å². The van der Waals surface area contributed by atoms with Gasteiger partial charge in [0, 0.05) is 37.3 Å². The van der Waals surface area contributed by atoms with Gasteiger partial charge in [-0.15, -0.1) is 0 Å². The molecule has 0 aromatic carbocycles. The fraction of sp³-hybridized carbons (Fsp3) is 0.667. The lowest BCUT2D eigenvalue weighted by Crippen LogP contribution is -2.41. The van der Waals surface area contributed by atoms with Crippen LogP contribution in [0.25, 0.3) is 0 Å². The molecule has 6 nitrogen and oxygen atoms in total. The van der Waals surface area contributed by atoms with E-state index >= 15 is 0 Å². The van der Waals surface area contributed by atoms with Crippen LogP contribution in [0.3, 0.4) is 0 Å². The summed E-state index contributed by atoms with van der Waals surface area (Å²) in [6, 6.07) is 2.11. The normalized spacial score (nSPS) is 25.7. The van der Waals surface area contributed by atoms with Gasteiger partial charge in [-0.1, -0.05) is 11.6 Å². The van der Waals surface area contributed by atoms with Gasteiger partial charge in [0.25, 0.3) is 0 Å². The van der Waals surface area contributed by atoms with E-state index in [2.05, 4.69) is 23.7 Å². The molecule has 2 aliphatic rings. The molecular weight excluding hydrogens is 342 g/mol. The van der Waals surface area contributed by atoms with E-state index in [1.165, 1.54) is 0 Å². The van der Waals surface area contributed by atoms with Gasteiger partial charge in [-0.3, -0.25) is 14.7 Å².